The Morgan fingerprint density at radius 2 is 2.22 bits per heavy atom. The SMILES string of the molecule is O=C(NC[C@@H]1Cc2ccccc21)[C@H]1CCCCN1. The Bertz CT molecular complexity index is 438. The number of benzene rings is 1. The van der Waals surface area contributed by atoms with E-state index in [1.807, 2.05) is 0 Å². The molecule has 2 atom stereocenters. The van der Waals surface area contributed by atoms with Crippen molar-refractivity contribution in [2.75, 3.05) is 13.1 Å². The fourth-order valence-electron chi connectivity index (χ4n) is 2.97. The predicted octanol–water partition coefficient (Wildman–Crippen LogP) is 1.58. The quantitative estimate of drug-likeness (QED) is 0.847. The van der Waals surface area contributed by atoms with E-state index in [1.165, 1.54) is 17.5 Å². The van der Waals surface area contributed by atoms with Crippen molar-refractivity contribution in [3.05, 3.63) is 35.4 Å². The van der Waals surface area contributed by atoms with Crippen LogP contribution in [0.4, 0.5) is 0 Å². The van der Waals surface area contributed by atoms with Gasteiger partial charge >= 0.3 is 0 Å². The van der Waals surface area contributed by atoms with Gasteiger partial charge in [-0.1, -0.05) is 30.7 Å². The molecule has 0 bridgehead atoms. The Morgan fingerprint density at radius 1 is 1.33 bits per heavy atom. The van der Waals surface area contributed by atoms with Crippen LogP contribution in [-0.2, 0) is 11.2 Å². The summed E-state index contributed by atoms with van der Waals surface area (Å²) >= 11 is 0. The molecule has 0 spiro atoms. The van der Waals surface area contributed by atoms with Crippen molar-refractivity contribution in [3.8, 4) is 0 Å². The number of carbonyl (C=O) groups is 1. The Morgan fingerprint density at radius 3 is 3.00 bits per heavy atom. The highest BCUT2D eigenvalue weighted by Crippen LogP contribution is 2.33. The average Bonchev–Trinajstić information content (AvgIpc) is 2.40. The second kappa shape index (κ2) is 5.11. The molecule has 0 radical (unpaired) electrons. The Kier molecular flexibility index (Phi) is 3.33. The van der Waals surface area contributed by atoms with Gasteiger partial charge in [0.25, 0.3) is 0 Å². The van der Waals surface area contributed by atoms with Crippen molar-refractivity contribution < 1.29 is 4.79 Å². The molecule has 1 aliphatic heterocycles. The lowest BCUT2D eigenvalue weighted by Gasteiger charge is -2.31. The molecular formula is C15H20N2O. The van der Waals surface area contributed by atoms with E-state index in [2.05, 4.69) is 34.9 Å². The summed E-state index contributed by atoms with van der Waals surface area (Å²) in [5.41, 5.74) is 2.85. The monoisotopic (exact) mass is 244 g/mol. The molecule has 2 N–H and O–H groups in total. The molecule has 1 amide bonds. The molecule has 3 heteroatoms. The van der Waals surface area contributed by atoms with Crippen LogP contribution in [-0.4, -0.2) is 25.0 Å². The summed E-state index contributed by atoms with van der Waals surface area (Å²) in [6.07, 6.45) is 4.44. The van der Waals surface area contributed by atoms with Gasteiger partial charge in [0.1, 0.15) is 0 Å². The van der Waals surface area contributed by atoms with Crippen molar-refractivity contribution in [2.45, 2.75) is 37.6 Å². The van der Waals surface area contributed by atoms with E-state index in [9.17, 15) is 4.79 Å². The van der Waals surface area contributed by atoms with Gasteiger partial charge in [0.05, 0.1) is 6.04 Å². The molecule has 3 nitrogen and oxygen atoms in total. The number of carbonyl (C=O) groups excluding carboxylic acids is 1. The number of piperidine rings is 1. The van der Waals surface area contributed by atoms with Crippen LogP contribution >= 0.6 is 0 Å². The van der Waals surface area contributed by atoms with Gasteiger partial charge in [0.2, 0.25) is 5.91 Å². The largest absolute Gasteiger partial charge is 0.354 e. The average molecular weight is 244 g/mol. The first kappa shape index (κ1) is 11.7. The van der Waals surface area contributed by atoms with Gasteiger partial charge in [-0.25, -0.2) is 0 Å². The van der Waals surface area contributed by atoms with Crippen molar-refractivity contribution in [1.82, 2.24) is 10.6 Å². The van der Waals surface area contributed by atoms with E-state index in [1.54, 1.807) is 0 Å². The fourth-order valence-corrected chi connectivity index (χ4v) is 2.97. The Labute approximate surface area is 108 Å². The van der Waals surface area contributed by atoms with E-state index in [0.717, 1.165) is 32.4 Å². The number of hydrogen-bond acceptors (Lipinski definition) is 2. The van der Waals surface area contributed by atoms with E-state index in [-0.39, 0.29) is 11.9 Å². The molecule has 0 saturated carbocycles. The Hall–Kier alpha value is -1.35. The first-order chi connectivity index (χ1) is 8.84. The topological polar surface area (TPSA) is 41.1 Å². The van der Waals surface area contributed by atoms with Crippen LogP contribution in [0.15, 0.2) is 24.3 Å². The third-order valence-corrected chi connectivity index (χ3v) is 4.11. The minimum Gasteiger partial charge on any atom is -0.354 e. The molecule has 3 rings (SSSR count). The molecule has 18 heavy (non-hydrogen) atoms. The van der Waals surface area contributed by atoms with Gasteiger partial charge in [-0.3, -0.25) is 4.79 Å². The van der Waals surface area contributed by atoms with Gasteiger partial charge in [-0.2, -0.15) is 0 Å². The third-order valence-electron chi connectivity index (χ3n) is 4.11. The standard InChI is InChI=1S/C15H20N2O/c18-15(14-7-3-4-8-16-14)17-10-12-9-11-5-1-2-6-13(11)12/h1-2,5-6,12,14,16H,3-4,7-10H2,(H,17,18)/t12-,14+/m0/s1. The lowest BCUT2D eigenvalue weighted by Crippen LogP contribution is -2.48. The third kappa shape index (κ3) is 2.27. The molecule has 1 aromatic carbocycles. The lowest BCUT2D eigenvalue weighted by molar-refractivity contribution is -0.123. The maximum absolute atomic E-state index is 12.0. The molecule has 0 aromatic heterocycles. The molecule has 1 aromatic rings. The molecule has 1 fully saturated rings. The summed E-state index contributed by atoms with van der Waals surface area (Å²) in [6.45, 7) is 1.76. The molecule has 1 saturated heterocycles. The number of amides is 1. The van der Waals surface area contributed by atoms with Crippen molar-refractivity contribution in [3.63, 3.8) is 0 Å². The van der Waals surface area contributed by atoms with E-state index < -0.39 is 0 Å². The van der Waals surface area contributed by atoms with Gasteiger partial charge in [-0.15, -0.1) is 0 Å². The van der Waals surface area contributed by atoms with Gasteiger partial charge in [0, 0.05) is 12.5 Å². The molecular weight excluding hydrogens is 224 g/mol. The predicted molar refractivity (Wildman–Crippen MR) is 71.5 cm³/mol. The van der Waals surface area contributed by atoms with Crippen LogP contribution in [0, 0.1) is 0 Å². The highest BCUT2D eigenvalue weighted by molar-refractivity contribution is 5.81. The highest BCUT2D eigenvalue weighted by atomic mass is 16.2. The van der Waals surface area contributed by atoms with Crippen LogP contribution in [0.3, 0.4) is 0 Å². The normalized spacial score (nSPS) is 26.0. The molecule has 96 valence electrons. The minimum absolute atomic E-state index is 0.0362. The van der Waals surface area contributed by atoms with E-state index >= 15 is 0 Å². The van der Waals surface area contributed by atoms with Gasteiger partial charge in [0.15, 0.2) is 0 Å². The first-order valence-corrected chi connectivity index (χ1v) is 6.93. The van der Waals surface area contributed by atoms with Crippen molar-refractivity contribution in [2.24, 2.45) is 0 Å². The van der Waals surface area contributed by atoms with Crippen LogP contribution in [0.2, 0.25) is 0 Å². The maximum atomic E-state index is 12.0. The molecule has 1 aliphatic carbocycles. The number of nitrogens with one attached hydrogen (secondary N) is 2. The van der Waals surface area contributed by atoms with Crippen molar-refractivity contribution in [1.29, 1.82) is 0 Å². The number of hydrogen-bond donors (Lipinski definition) is 2. The summed E-state index contributed by atoms with van der Waals surface area (Å²) < 4.78 is 0. The zero-order chi connectivity index (χ0) is 12.4. The second-order valence-corrected chi connectivity index (χ2v) is 5.35. The maximum Gasteiger partial charge on any atom is 0.237 e. The summed E-state index contributed by atoms with van der Waals surface area (Å²) in [6, 6.07) is 8.55. The fraction of sp³-hybridized carbons (Fsp3) is 0.533. The van der Waals surface area contributed by atoms with Crippen LogP contribution in [0.1, 0.15) is 36.3 Å². The molecule has 2 aliphatic rings. The molecule has 0 unspecified atom stereocenters. The summed E-state index contributed by atoms with van der Waals surface area (Å²) in [5, 5.41) is 6.38. The number of fused-ring (bicyclic) bond motifs is 1. The Balaban J connectivity index is 1.49. The summed E-state index contributed by atoms with van der Waals surface area (Å²) in [4.78, 5) is 12.0. The zero-order valence-electron chi connectivity index (χ0n) is 10.6. The minimum atomic E-state index is 0.0362. The number of rotatable bonds is 3. The van der Waals surface area contributed by atoms with E-state index in [0.29, 0.717) is 5.92 Å². The van der Waals surface area contributed by atoms with Gasteiger partial charge in [-0.05, 0) is 36.9 Å². The summed E-state index contributed by atoms with van der Waals surface area (Å²) in [7, 11) is 0. The van der Waals surface area contributed by atoms with Crippen LogP contribution in [0.5, 0.6) is 0 Å². The van der Waals surface area contributed by atoms with Crippen LogP contribution < -0.4 is 10.6 Å². The van der Waals surface area contributed by atoms with Gasteiger partial charge < -0.3 is 10.6 Å². The lowest BCUT2D eigenvalue weighted by atomic mass is 9.77. The van der Waals surface area contributed by atoms with Crippen molar-refractivity contribution >= 4 is 5.91 Å². The second-order valence-electron chi connectivity index (χ2n) is 5.35. The highest BCUT2D eigenvalue weighted by Gasteiger charge is 2.27. The van der Waals surface area contributed by atoms with Crippen LogP contribution in [0.25, 0.3) is 0 Å². The zero-order valence-corrected chi connectivity index (χ0v) is 10.6. The smallest absolute Gasteiger partial charge is 0.237 e. The summed E-state index contributed by atoms with van der Waals surface area (Å²) in [5.74, 6) is 0.702. The van der Waals surface area contributed by atoms with E-state index in [4.69, 9.17) is 0 Å². The first-order valence-electron chi connectivity index (χ1n) is 6.93. The molecule has 1 heterocycles.